The molecular weight excluding hydrogens is 797 g/mol. The summed E-state index contributed by atoms with van der Waals surface area (Å²) in [7, 11) is 0. The van der Waals surface area contributed by atoms with Gasteiger partial charge in [-0.2, -0.15) is 0 Å². The maximum absolute atomic E-state index is 2.55. The summed E-state index contributed by atoms with van der Waals surface area (Å²) in [6.07, 6.45) is 0. The molecule has 14 rings (SSSR count). The molecule has 0 saturated carbocycles. The molecule has 0 unspecified atom stereocenters. The number of hydrogen-bond donors (Lipinski definition) is 0. The zero-order chi connectivity index (χ0) is 43.7. The third kappa shape index (κ3) is 4.85. The van der Waals surface area contributed by atoms with E-state index in [1.807, 2.05) is 0 Å². The minimum Gasteiger partial charge on any atom is -0.309 e. The zero-order valence-corrected chi connectivity index (χ0v) is 36.8. The van der Waals surface area contributed by atoms with Crippen LogP contribution >= 0.6 is 0 Å². The van der Waals surface area contributed by atoms with E-state index < -0.39 is 5.41 Å². The van der Waals surface area contributed by atoms with Crippen LogP contribution < -0.4 is 4.90 Å². The highest BCUT2D eigenvalue weighted by Crippen LogP contribution is 2.62. The van der Waals surface area contributed by atoms with Crippen molar-refractivity contribution >= 4 is 38.9 Å². The summed E-state index contributed by atoms with van der Waals surface area (Å²) < 4.78 is 2.55. The summed E-state index contributed by atoms with van der Waals surface area (Å²) in [5.41, 5.74) is 24.4. The molecule has 1 spiro atoms. The number of benzene rings is 10. The Balaban J connectivity index is 1.07. The predicted molar refractivity (Wildman–Crippen MR) is 275 cm³/mol. The van der Waals surface area contributed by atoms with Gasteiger partial charge in [-0.15, -0.1) is 0 Å². The summed E-state index contributed by atoms with van der Waals surface area (Å²) >= 11 is 0. The van der Waals surface area contributed by atoms with Gasteiger partial charge in [-0.25, -0.2) is 0 Å². The Hall–Kier alpha value is -8.20. The molecule has 2 heterocycles. The fraction of sp³-hybridized carbons (Fsp3) is 0.0625. The minimum atomic E-state index is -0.545. The summed E-state index contributed by atoms with van der Waals surface area (Å²) in [6.45, 7) is 4.75. The molecule has 0 fully saturated rings. The van der Waals surface area contributed by atoms with Crippen molar-refractivity contribution in [1.29, 1.82) is 0 Å². The SMILES string of the molecule is CC1(C)c2ccccc2-c2c(N(c3cccc(-c4ccccc4)c3)c3ccccc3-c3ccc4c(c3)C3(c5ccccc5-c5ccccc53)c3cccc5c6ccccc6n-4c35)cccc21. The largest absolute Gasteiger partial charge is 0.309 e. The number of para-hydroxylation sites is 3. The van der Waals surface area contributed by atoms with Crippen LogP contribution in [0.4, 0.5) is 17.1 Å². The first-order valence-electron chi connectivity index (χ1n) is 23.2. The smallest absolute Gasteiger partial charge is 0.0754 e. The second kappa shape index (κ2) is 13.7. The first kappa shape index (κ1) is 37.2. The van der Waals surface area contributed by atoms with E-state index in [1.165, 1.54) is 111 Å². The lowest BCUT2D eigenvalue weighted by Gasteiger charge is -2.40. The molecule has 2 heteroatoms. The van der Waals surface area contributed by atoms with E-state index in [1.54, 1.807) is 0 Å². The van der Waals surface area contributed by atoms with Crippen molar-refractivity contribution in [2.75, 3.05) is 4.90 Å². The number of fused-ring (bicyclic) bond motifs is 15. The van der Waals surface area contributed by atoms with Crippen molar-refractivity contribution in [1.82, 2.24) is 4.57 Å². The van der Waals surface area contributed by atoms with E-state index >= 15 is 0 Å². The molecule has 0 bridgehead atoms. The highest BCUT2D eigenvalue weighted by Gasteiger charge is 2.51. The van der Waals surface area contributed by atoms with E-state index in [0.29, 0.717) is 0 Å². The second-order valence-corrected chi connectivity index (χ2v) is 18.8. The molecular formula is C64H44N2. The van der Waals surface area contributed by atoms with Gasteiger partial charge in [0.15, 0.2) is 0 Å². The van der Waals surface area contributed by atoms with Crippen molar-refractivity contribution in [3.63, 3.8) is 0 Å². The molecule has 11 aromatic rings. The van der Waals surface area contributed by atoms with E-state index in [9.17, 15) is 0 Å². The van der Waals surface area contributed by atoms with Crippen LogP contribution in [-0.4, -0.2) is 4.57 Å². The van der Waals surface area contributed by atoms with Crippen molar-refractivity contribution in [3.05, 3.63) is 264 Å². The molecule has 0 N–H and O–H groups in total. The van der Waals surface area contributed by atoms with Crippen molar-refractivity contribution < 1.29 is 0 Å². The molecule has 310 valence electrons. The molecule has 3 aliphatic rings. The molecule has 1 aliphatic heterocycles. The first-order valence-corrected chi connectivity index (χ1v) is 23.2. The maximum Gasteiger partial charge on any atom is 0.0754 e. The highest BCUT2D eigenvalue weighted by molar-refractivity contribution is 6.13. The molecule has 66 heavy (non-hydrogen) atoms. The van der Waals surface area contributed by atoms with Crippen LogP contribution in [0.5, 0.6) is 0 Å². The van der Waals surface area contributed by atoms with Gasteiger partial charge in [-0.05, 0) is 109 Å². The summed E-state index contributed by atoms with van der Waals surface area (Å²) in [5.74, 6) is 0. The maximum atomic E-state index is 2.55. The predicted octanol–water partition coefficient (Wildman–Crippen LogP) is 16.6. The zero-order valence-electron chi connectivity index (χ0n) is 36.8. The fourth-order valence-electron chi connectivity index (χ4n) is 12.4. The monoisotopic (exact) mass is 840 g/mol. The number of aromatic nitrogens is 1. The Labute approximate surface area is 385 Å². The van der Waals surface area contributed by atoms with Crippen LogP contribution in [-0.2, 0) is 10.8 Å². The highest BCUT2D eigenvalue weighted by atomic mass is 15.1. The van der Waals surface area contributed by atoms with Crippen LogP contribution in [0, 0.1) is 0 Å². The number of hydrogen-bond acceptors (Lipinski definition) is 1. The summed E-state index contributed by atoms with van der Waals surface area (Å²) in [4.78, 5) is 2.53. The van der Waals surface area contributed by atoms with Gasteiger partial charge >= 0.3 is 0 Å². The van der Waals surface area contributed by atoms with Gasteiger partial charge in [-0.1, -0.05) is 202 Å². The van der Waals surface area contributed by atoms with Gasteiger partial charge < -0.3 is 9.47 Å². The van der Waals surface area contributed by atoms with Gasteiger partial charge in [0, 0.05) is 33.0 Å². The third-order valence-corrected chi connectivity index (χ3v) is 15.2. The van der Waals surface area contributed by atoms with Crippen LogP contribution in [0.15, 0.2) is 231 Å². The van der Waals surface area contributed by atoms with E-state index in [0.717, 1.165) is 11.4 Å². The molecule has 2 nitrogen and oxygen atoms in total. The van der Waals surface area contributed by atoms with Crippen LogP contribution in [0.25, 0.3) is 72.0 Å². The summed E-state index contributed by atoms with van der Waals surface area (Å²) in [5, 5.41) is 2.57. The van der Waals surface area contributed by atoms with Crippen LogP contribution in [0.2, 0.25) is 0 Å². The van der Waals surface area contributed by atoms with Gasteiger partial charge in [0.05, 0.1) is 33.5 Å². The van der Waals surface area contributed by atoms with Crippen molar-refractivity contribution in [2.45, 2.75) is 24.7 Å². The van der Waals surface area contributed by atoms with Crippen LogP contribution in [0.3, 0.4) is 0 Å². The third-order valence-electron chi connectivity index (χ3n) is 15.2. The molecule has 0 amide bonds. The Morgan fingerprint density at radius 2 is 0.939 bits per heavy atom. The number of nitrogens with zero attached hydrogens (tertiary/aromatic N) is 2. The lowest BCUT2D eigenvalue weighted by molar-refractivity contribution is 0.660. The second-order valence-electron chi connectivity index (χ2n) is 18.8. The standard InChI is InChI=1S/C64H44N2/c1-63(2)51-29-11-8-27-50(51)61-54(63)32-18-36-60(61)65(44-22-16-21-42(39-44)41-19-4-3-5-20-41)57-34-14-9-23-45(57)43-37-38-59-56(40-43)64(52-30-12-6-24-46(52)47-25-7-13-31-53(47)64)55-33-17-28-49-48-26-10-15-35-58(48)66(59)62(49)55/h3-40H,1-2H3. The Morgan fingerprint density at radius 1 is 0.364 bits per heavy atom. The Bertz CT molecular complexity index is 3760. The average Bonchev–Trinajstić information content (AvgIpc) is 3.96. The summed E-state index contributed by atoms with van der Waals surface area (Å²) in [6, 6.07) is 86.4. The number of rotatable bonds is 5. The van der Waals surface area contributed by atoms with Crippen molar-refractivity contribution in [2.24, 2.45) is 0 Å². The van der Waals surface area contributed by atoms with Gasteiger partial charge in [0.25, 0.3) is 0 Å². The normalized spacial score (nSPS) is 14.2. The molecule has 10 aromatic carbocycles. The fourth-order valence-corrected chi connectivity index (χ4v) is 12.4. The molecule has 0 saturated heterocycles. The lowest BCUT2D eigenvalue weighted by atomic mass is 9.65. The molecule has 2 aliphatic carbocycles. The quantitative estimate of drug-likeness (QED) is 0.168. The Morgan fingerprint density at radius 3 is 1.74 bits per heavy atom. The van der Waals surface area contributed by atoms with Crippen LogP contribution in [0.1, 0.15) is 47.2 Å². The number of anilines is 3. The Kier molecular flexibility index (Phi) is 7.70. The van der Waals surface area contributed by atoms with E-state index in [4.69, 9.17) is 0 Å². The van der Waals surface area contributed by atoms with E-state index in [-0.39, 0.29) is 5.41 Å². The van der Waals surface area contributed by atoms with Crippen molar-refractivity contribution in [3.8, 4) is 50.2 Å². The molecule has 1 aromatic heterocycles. The molecule has 0 atom stereocenters. The lowest BCUT2D eigenvalue weighted by Crippen LogP contribution is -2.33. The topological polar surface area (TPSA) is 8.17 Å². The minimum absolute atomic E-state index is 0.149. The average molecular weight is 841 g/mol. The van der Waals surface area contributed by atoms with Gasteiger partial charge in [0.1, 0.15) is 0 Å². The van der Waals surface area contributed by atoms with Gasteiger partial charge in [-0.3, -0.25) is 0 Å². The van der Waals surface area contributed by atoms with E-state index in [2.05, 4.69) is 254 Å². The molecule has 0 radical (unpaired) electrons. The first-order chi connectivity index (χ1) is 32.5. The van der Waals surface area contributed by atoms with Gasteiger partial charge in [0.2, 0.25) is 0 Å².